The lowest BCUT2D eigenvalue weighted by atomic mass is 10.00. The van der Waals surface area contributed by atoms with E-state index in [0.717, 1.165) is 44.8 Å². The summed E-state index contributed by atoms with van der Waals surface area (Å²) in [4.78, 5) is 2.37. The van der Waals surface area contributed by atoms with Crippen LogP contribution in [0.3, 0.4) is 0 Å². The molecule has 2 fully saturated rings. The fourth-order valence-electron chi connectivity index (χ4n) is 3.42. The first-order valence-corrected chi connectivity index (χ1v) is 9.94. The average molecular weight is 318 g/mol. The Morgan fingerprint density at radius 3 is 2.76 bits per heavy atom. The van der Waals surface area contributed by atoms with Gasteiger partial charge in [-0.15, -0.1) is 0 Å². The van der Waals surface area contributed by atoms with E-state index in [-0.39, 0.29) is 17.9 Å². The van der Waals surface area contributed by atoms with Crippen molar-refractivity contribution in [2.24, 2.45) is 5.92 Å². The molecular weight excluding hydrogens is 288 g/mol. The fourth-order valence-corrected chi connectivity index (χ4v) is 4.95. The van der Waals surface area contributed by atoms with E-state index in [1.165, 1.54) is 12.8 Å². The predicted molar refractivity (Wildman–Crippen MR) is 84.8 cm³/mol. The SMILES string of the molecule is C[C@@H]1CCCN(C[C@@H](C)NS(=O)(=O)C[C@@H]2CCCCO2)C1. The first-order valence-electron chi connectivity index (χ1n) is 8.28. The molecule has 21 heavy (non-hydrogen) atoms. The van der Waals surface area contributed by atoms with Crippen molar-refractivity contribution < 1.29 is 13.2 Å². The number of likely N-dealkylation sites (tertiary alicyclic amines) is 1. The standard InChI is InChI=1S/C15H30N2O3S/c1-13-6-5-8-17(10-13)11-14(2)16-21(18,19)12-15-7-3-4-9-20-15/h13-16H,3-12H2,1-2H3/t13-,14-,15+/m1/s1. The Hall–Kier alpha value is -0.170. The van der Waals surface area contributed by atoms with Gasteiger partial charge in [0.05, 0.1) is 11.9 Å². The van der Waals surface area contributed by atoms with Crippen LogP contribution in [0.25, 0.3) is 0 Å². The van der Waals surface area contributed by atoms with Gasteiger partial charge in [-0.1, -0.05) is 6.92 Å². The van der Waals surface area contributed by atoms with Crippen molar-refractivity contribution in [2.45, 2.75) is 58.1 Å². The third-order valence-corrected chi connectivity index (χ3v) is 5.91. The van der Waals surface area contributed by atoms with Crippen molar-refractivity contribution in [1.82, 2.24) is 9.62 Å². The Labute approximate surface area is 129 Å². The average Bonchev–Trinajstić information content (AvgIpc) is 2.38. The second-order valence-electron chi connectivity index (χ2n) is 6.80. The van der Waals surface area contributed by atoms with Gasteiger partial charge < -0.3 is 9.64 Å². The van der Waals surface area contributed by atoms with Gasteiger partial charge in [0.25, 0.3) is 0 Å². The van der Waals surface area contributed by atoms with E-state index in [0.29, 0.717) is 6.61 Å². The molecule has 0 unspecified atom stereocenters. The Balaban J connectivity index is 1.75. The van der Waals surface area contributed by atoms with Gasteiger partial charge in [0, 0.05) is 25.7 Å². The van der Waals surface area contributed by atoms with Crippen molar-refractivity contribution in [3.8, 4) is 0 Å². The maximum absolute atomic E-state index is 12.2. The van der Waals surface area contributed by atoms with Gasteiger partial charge in [0.15, 0.2) is 0 Å². The monoisotopic (exact) mass is 318 g/mol. The molecule has 0 amide bonds. The lowest BCUT2D eigenvalue weighted by molar-refractivity contribution is 0.0303. The van der Waals surface area contributed by atoms with Crippen LogP contribution in [0.1, 0.15) is 46.0 Å². The number of ether oxygens (including phenoxy) is 1. The van der Waals surface area contributed by atoms with Crippen LogP contribution in [-0.2, 0) is 14.8 Å². The molecule has 0 bridgehead atoms. The normalized spacial score (nSPS) is 30.2. The summed E-state index contributed by atoms with van der Waals surface area (Å²) in [5.74, 6) is 0.825. The van der Waals surface area contributed by atoms with Crippen LogP contribution < -0.4 is 4.72 Å². The minimum Gasteiger partial charge on any atom is -0.377 e. The quantitative estimate of drug-likeness (QED) is 0.808. The number of nitrogens with zero attached hydrogens (tertiary/aromatic N) is 1. The van der Waals surface area contributed by atoms with Crippen LogP contribution in [0.15, 0.2) is 0 Å². The van der Waals surface area contributed by atoms with Crippen LogP contribution >= 0.6 is 0 Å². The van der Waals surface area contributed by atoms with E-state index in [1.54, 1.807) is 0 Å². The second-order valence-corrected chi connectivity index (χ2v) is 8.59. The molecule has 2 aliphatic heterocycles. The molecule has 0 aromatic carbocycles. The number of sulfonamides is 1. The molecule has 124 valence electrons. The van der Waals surface area contributed by atoms with Crippen LogP contribution in [-0.4, -0.2) is 57.5 Å². The van der Waals surface area contributed by atoms with Gasteiger partial charge in [-0.25, -0.2) is 13.1 Å². The number of hydrogen-bond donors (Lipinski definition) is 1. The molecule has 0 aromatic heterocycles. The predicted octanol–water partition coefficient (Wildman–Crippen LogP) is 1.60. The van der Waals surface area contributed by atoms with Gasteiger partial charge in [0.2, 0.25) is 10.0 Å². The molecule has 3 atom stereocenters. The first-order chi connectivity index (χ1) is 9.94. The highest BCUT2D eigenvalue weighted by atomic mass is 32.2. The van der Waals surface area contributed by atoms with Crippen LogP contribution in [0.2, 0.25) is 0 Å². The second kappa shape index (κ2) is 7.90. The summed E-state index contributed by atoms with van der Waals surface area (Å²) in [6.07, 6.45) is 5.36. The van der Waals surface area contributed by atoms with Crippen LogP contribution in [0, 0.1) is 5.92 Å². The van der Waals surface area contributed by atoms with E-state index in [4.69, 9.17) is 4.74 Å². The lowest BCUT2D eigenvalue weighted by Gasteiger charge is -2.33. The molecule has 0 aliphatic carbocycles. The van der Waals surface area contributed by atoms with Crippen molar-refractivity contribution in [3.63, 3.8) is 0 Å². The zero-order chi connectivity index (χ0) is 15.3. The Kier molecular flexibility index (Phi) is 6.47. The molecule has 6 heteroatoms. The van der Waals surface area contributed by atoms with Crippen molar-refractivity contribution >= 4 is 10.0 Å². The van der Waals surface area contributed by atoms with E-state index < -0.39 is 10.0 Å². The van der Waals surface area contributed by atoms with E-state index in [2.05, 4.69) is 16.5 Å². The molecule has 0 aromatic rings. The topological polar surface area (TPSA) is 58.6 Å². The molecule has 0 spiro atoms. The third-order valence-electron chi connectivity index (χ3n) is 4.33. The van der Waals surface area contributed by atoms with E-state index >= 15 is 0 Å². The number of nitrogens with one attached hydrogen (secondary N) is 1. The summed E-state index contributed by atoms with van der Waals surface area (Å²) in [6, 6.07) is -0.0381. The number of hydrogen-bond acceptors (Lipinski definition) is 4. The summed E-state index contributed by atoms with van der Waals surface area (Å²) in [5.41, 5.74) is 0. The third kappa shape index (κ3) is 6.22. The summed E-state index contributed by atoms with van der Waals surface area (Å²) in [6.45, 7) is 7.89. The maximum Gasteiger partial charge on any atom is 0.214 e. The summed E-state index contributed by atoms with van der Waals surface area (Å²) in [5, 5.41) is 0. The van der Waals surface area contributed by atoms with Gasteiger partial charge in [-0.3, -0.25) is 0 Å². The number of piperidine rings is 1. The Morgan fingerprint density at radius 1 is 1.29 bits per heavy atom. The minimum atomic E-state index is -3.25. The van der Waals surface area contributed by atoms with Gasteiger partial charge in [0.1, 0.15) is 0 Å². The summed E-state index contributed by atoms with van der Waals surface area (Å²) in [7, 11) is -3.25. The minimum absolute atomic E-state index is 0.0381. The number of rotatable bonds is 6. The molecule has 0 saturated carbocycles. The van der Waals surface area contributed by atoms with E-state index in [1.807, 2.05) is 6.92 Å². The summed E-state index contributed by atoms with van der Waals surface area (Å²) < 4.78 is 32.8. The van der Waals surface area contributed by atoms with Gasteiger partial charge >= 0.3 is 0 Å². The van der Waals surface area contributed by atoms with Crippen molar-refractivity contribution in [2.75, 3.05) is 32.0 Å². The molecule has 1 N–H and O–H groups in total. The first kappa shape index (κ1) is 17.2. The molecule has 2 rings (SSSR count). The maximum atomic E-state index is 12.2. The lowest BCUT2D eigenvalue weighted by Crippen LogP contribution is -2.46. The molecule has 5 nitrogen and oxygen atoms in total. The Morgan fingerprint density at radius 2 is 2.10 bits per heavy atom. The van der Waals surface area contributed by atoms with Crippen LogP contribution in [0.4, 0.5) is 0 Å². The molecular formula is C15H30N2O3S. The largest absolute Gasteiger partial charge is 0.377 e. The van der Waals surface area contributed by atoms with Crippen LogP contribution in [0.5, 0.6) is 0 Å². The molecule has 2 saturated heterocycles. The van der Waals surface area contributed by atoms with E-state index in [9.17, 15) is 8.42 Å². The smallest absolute Gasteiger partial charge is 0.214 e. The van der Waals surface area contributed by atoms with Crippen molar-refractivity contribution in [3.05, 3.63) is 0 Å². The van der Waals surface area contributed by atoms with Crippen molar-refractivity contribution in [1.29, 1.82) is 0 Å². The highest BCUT2D eigenvalue weighted by Gasteiger charge is 2.25. The zero-order valence-corrected chi connectivity index (χ0v) is 14.2. The summed E-state index contributed by atoms with van der Waals surface area (Å²) >= 11 is 0. The zero-order valence-electron chi connectivity index (χ0n) is 13.4. The molecule has 2 aliphatic rings. The molecule has 2 heterocycles. The van der Waals surface area contributed by atoms with Gasteiger partial charge in [-0.05, 0) is 51.5 Å². The highest BCUT2D eigenvalue weighted by molar-refractivity contribution is 7.89. The fraction of sp³-hybridized carbons (Fsp3) is 1.00. The Bertz CT molecular complexity index is 407. The van der Waals surface area contributed by atoms with Gasteiger partial charge in [-0.2, -0.15) is 0 Å². The molecule has 0 radical (unpaired) electrons. The highest BCUT2D eigenvalue weighted by Crippen LogP contribution is 2.16.